The number of carbonyl (C=O) groups excluding carboxylic acids is 1. The molecule has 1 aromatic rings. The second-order valence-electron chi connectivity index (χ2n) is 11.1. The number of carbonyl (C=O) groups is 2. The van der Waals surface area contributed by atoms with Gasteiger partial charge >= 0.3 is 5.97 Å². The monoisotopic (exact) mass is 421 g/mol. The third kappa shape index (κ3) is 3.08. The Labute approximate surface area is 185 Å². The van der Waals surface area contributed by atoms with Crippen LogP contribution in [0.5, 0.6) is 0 Å². The average molecular weight is 422 g/mol. The summed E-state index contributed by atoms with van der Waals surface area (Å²) in [4.78, 5) is 25.6. The molecule has 4 heteroatoms. The molecule has 31 heavy (non-hydrogen) atoms. The molecule has 166 valence electrons. The van der Waals surface area contributed by atoms with Crippen LogP contribution >= 0.6 is 0 Å². The number of aromatic carboxylic acids is 1. The fourth-order valence-electron chi connectivity index (χ4n) is 8.16. The molecule has 0 bridgehead atoms. The molecule has 3 aliphatic carbocycles. The maximum atomic E-state index is 12.3. The van der Waals surface area contributed by atoms with Crippen LogP contribution in [0.15, 0.2) is 29.8 Å². The molecule has 1 aliphatic heterocycles. The van der Waals surface area contributed by atoms with Gasteiger partial charge < -0.3 is 10.0 Å². The van der Waals surface area contributed by atoms with Gasteiger partial charge in [0.1, 0.15) is 0 Å². The van der Waals surface area contributed by atoms with Crippen molar-refractivity contribution in [1.82, 2.24) is 4.90 Å². The number of rotatable bonds is 2. The van der Waals surface area contributed by atoms with Crippen molar-refractivity contribution < 1.29 is 14.7 Å². The Morgan fingerprint density at radius 2 is 1.77 bits per heavy atom. The quantitative estimate of drug-likeness (QED) is 0.673. The second kappa shape index (κ2) is 7.21. The molecule has 3 saturated carbocycles. The third-order valence-electron chi connectivity index (χ3n) is 9.90. The number of amides is 1. The summed E-state index contributed by atoms with van der Waals surface area (Å²) in [7, 11) is 2.03. The van der Waals surface area contributed by atoms with Gasteiger partial charge in [0.2, 0.25) is 5.91 Å². The second-order valence-corrected chi connectivity index (χ2v) is 11.1. The molecule has 1 saturated heterocycles. The van der Waals surface area contributed by atoms with E-state index in [0.29, 0.717) is 23.9 Å². The first kappa shape index (κ1) is 20.8. The van der Waals surface area contributed by atoms with Gasteiger partial charge in [0.15, 0.2) is 0 Å². The SMILES string of the molecule is CN1C(=O)CC[C@@]2(C)C1CC[C@@H]1[C@H]2CC[C@]2(C)C(=Cc3ccc(C(=O)O)cc3)CC[C@@H]12. The zero-order valence-corrected chi connectivity index (χ0v) is 19.1. The van der Waals surface area contributed by atoms with Crippen LogP contribution < -0.4 is 0 Å². The summed E-state index contributed by atoms with van der Waals surface area (Å²) in [5.74, 6) is 1.69. The van der Waals surface area contributed by atoms with Crippen LogP contribution in [0.25, 0.3) is 6.08 Å². The van der Waals surface area contributed by atoms with Gasteiger partial charge in [-0.3, -0.25) is 4.79 Å². The molecular formula is C27H35NO3. The maximum Gasteiger partial charge on any atom is 0.335 e. The molecular weight excluding hydrogens is 386 g/mol. The van der Waals surface area contributed by atoms with Crippen LogP contribution in [0.3, 0.4) is 0 Å². The largest absolute Gasteiger partial charge is 0.478 e. The molecule has 1 heterocycles. The van der Waals surface area contributed by atoms with Gasteiger partial charge in [-0.25, -0.2) is 4.79 Å². The van der Waals surface area contributed by atoms with Crippen molar-refractivity contribution in [2.75, 3.05) is 7.05 Å². The standard InChI is InChI=1S/C27H35NO3/c1-26-14-12-22-20(9-11-23-27(22,2)15-13-24(29)28(23)3)21(26)10-8-19(26)16-17-4-6-18(7-5-17)25(30)31/h4-7,16,20-23H,8-15H2,1-3H3,(H,30,31)/t20-,21-,22+,23?,26+,27+/m0/s1. The number of fused-ring (bicyclic) bond motifs is 5. The molecule has 1 N–H and O–H groups in total. The van der Waals surface area contributed by atoms with Gasteiger partial charge in [0.25, 0.3) is 0 Å². The van der Waals surface area contributed by atoms with Crippen molar-refractivity contribution in [3.8, 4) is 0 Å². The topological polar surface area (TPSA) is 57.6 Å². The van der Waals surface area contributed by atoms with E-state index in [1.807, 2.05) is 19.2 Å². The number of benzene rings is 1. The normalized spacial score (nSPS) is 40.9. The molecule has 4 fully saturated rings. The summed E-state index contributed by atoms with van der Waals surface area (Å²) < 4.78 is 0. The minimum atomic E-state index is -0.871. The van der Waals surface area contributed by atoms with Gasteiger partial charge in [-0.05, 0) is 91.2 Å². The molecule has 1 aromatic carbocycles. The Morgan fingerprint density at radius 1 is 1.03 bits per heavy atom. The van der Waals surface area contributed by atoms with Gasteiger partial charge in [0.05, 0.1) is 5.56 Å². The summed E-state index contributed by atoms with van der Waals surface area (Å²) in [5, 5.41) is 9.16. The fraction of sp³-hybridized carbons (Fsp3) is 0.630. The Kier molecular flexibility index (Phi) is 4.84. The number of piperidine rings is 1. The molecule has 4 nitrogen and oxygen atoms in total. The van der Waals surface area contributed by atoms with Crippen molar-refractivity contribution >= 4 is 18.0 Å². The number of hydrogen-bond acceptors (Lipinski definition) is 2. The highest BCUT2D eigenvalue weighted by Crippen LogP contribution is 2.66. The van der Waals surface area contributed by atoms with Crippen molar-refractivity contribution in [3.05, 3.63) is 41.0 Å². The molecule has 5 rings (SSSR count). The molecule has 0 aromatic heterocycles. The Balaban J connectivity index is 1.41. The van der Waals surface area contributed by atoms with E-state index in [2.05, 4.69) is 24.8 Å². The number of likely N-dealkylation sites (tertiary alicyclic amines) is 1. The predicted octanol–water partition coefficient (Wildman–Crippen LogP) is 5.63. The van der Waals surface area contributed by atoms with Crippen LogP contribution in [0, 0.1) is 28.6 Å². The molecule has 4 aliphatic rings. The molecule has 1 amide bonds. The van der Waals surface area contributed by atoms with Gasteiger partial charge in [-0.2, -0.15) is 0 Å². The van der Waals surface area contributed by atoms with E-state index in [0.717, 1.165) is 42.6 Å². The first-order valence-electron chi connectivity index (χ1n) is 12.0. The van der Waals surface area contributed by atoms with E-state index in [-0.39, 0.29) is 10.8 Å². The number of carboxylic acids is 1. The summed E-state index contributed by atoms with van der Waals surface area (Å²) >= 11 is 0. The van der Waals surface area contributed by atoms with Crippen LogP contribution in [-0.4, -0.2) is 35.0 Å². The zero-order valence-electron chi connectivity index (χ0n) is 19.1. The zero-order chi connectivity index (χ0) is 22.0. The van der Waals surface area contributed by atoms with E-state index < -0.39 is 5.97 Å². The van der Waals surface area contributed by atoms with Crippen molar-refractivity contribution in [3.63, 3.8) is 0 Å². The first-order valence-corrected chi connectivity index (χ1v) is 12.0. The fourth-order valence-corrected chi connectivity index (χ4v) is 8.16. The number of nitrogens with zero attached hydrogens (tertiary/aromatic N) is 1. The molecule has 1 unspecified atom stereocenters. The summed E-state index contributed by atoms with van der Waals surface area (Å²) in [6.07, 6.45) is 11.4. The Morgan fingerprint density at radius 3 is 2.48 bits per heavy atom. The highest BCUT2D eigenvalue weighted by molar-refractivity contribution is 5.87. The average Bonchev–Trinajstić information content (AvgIpc) is 3.08. The maximum absolute atomic E-state index is 12.3. The lowest BCUT2D eigenvalue weighted by Gasteiger charge is -2.61. The predicted molar refractivity (Wildman–Crippen MR) is 122 cm³/mol. The molecule has 0 radical (unpaired) electrons. The summed E-state index contributed by atoms with van der Waals surface area (Å²) in [5.41, 5.74) is 3.55. The van der Waals surface area contributed by atoms with Crippen molar-refractivity contribution in [2.24, 2.45) is 28.6 Å². The van der Waals surface area contributed by atoms with Gasteiger partial charge in [-0.15, -0.1) is 0 Å². The van der Waals surface area contributed by atoms with Crippen molar-refractivity contribution in [2.45, 2.75) is 71.3 Å². The van der Waals surface area contributed by atoms with Crippen LogP contribution in [0.2, 0.25) is 0 Å². The van der Waals surface area contributed by atoms with E-state index in [9.17, 15) is 9.59 Å². The summed E-state index contributed by atoms with van der Waals surface area (Å²) in [6.45, 7) is 4.97. The molecule has 6 atom stereocenters. The van der Waals surface area contributed by atoms with Crippen LogP contribution in [-0.2, 0) is 4.79 Å². The minimum Gasteiger partial charge on any atom is -0.478 e. The smallest absolute Gasteiger partial charge is 0.335 e. The lowest BCUT2D eigenvalue weighted by Crippen LogP contribution is -2.61. The third-order valence-corrected chi connectivity index (χ3v) is 9.90. The summed E-state index contributed by atoms with van der Waals surface area (Å²) in [6, 6.07) is 7.73. The number of hydrogen-bond donors (Lipinski definition) is 1. The van der Waals surface area contributed by atoms with Gasteiger partial charge in [0, 0.05) is 19.5 Å². The van der Waals surface area contributed by atoms with E-state index in [1.54, 1.807) is 17.7 Å². The highest BCUT2D eigenvalue weighted by Gasteiger charge is 2.59. The van der Waals surface area contributed by atoms with Crippen LogP contribution in [0.4, 0.5) is 0 Å². The van der Waals surface area contributed by atoms with Crippen LogP contribution in [0.1, 0.15) is 81.1 Å². The van der Waals surface area contributed by atoms with E-state index in [1.165, 1.54) is 25.7 Å². The number of carboxylic acid groups (broad SMARTS) is 1. The Bertz CT molecular complexity index is 934. The Hall–Kier alpha value is -2.10. The lowest BCUT2D eigenvalue weighted by atomic mass is 9.47. The molecule has 0 spiro atoms. The first-order chi connectivity index (χ1) is 14.7. The van der Waals surface area contributed by atoms with Crippen molar-refractivity contribution in [1.29, 1.82) is 0 Å². The van der Waals surface area contributed by atoms with E-state index >= 15 is 0 Å². The van der Waals surface area contributed by atoms with Gasteiger partial charge in [-0.1, -0.05) is 37.6 Å². The lowest BCUT2D eigenvalue weighted by molar-refractivity contribution is -0.156. The van der Waals surface area contributed by atoms with E-state index in [4.69, 9.17) is 5.11 Å². The number of allylic oxidation sites excluding steroid dienone is 1. The highest BCUT2D eigenvalue weighted by atomic mass is 16.4. The minimum absolute atomic E-state index is 0.256.